The first kappa shape index (κ1) is 16.4. The Morgan fingerprint density at radius 1 is 1.23 bits per heavy atom. The Labute approximate surface area is 134 Å². The van der Waals surface area contributed by atoms with Crippen molar-refractivity contribution >= 4 is 17.5 Å². The fourth-order valence-electron chi connectivity index (χ4n) is 2.00. The van der Waals surface area contributed by atoms with Crippen LogP contribution in [0, 0.1) is 0 Å². The second kappa shape index (κ2) is 7.84. The van der Waals surface area contributed by atoms with Crippen molar-refractivity contribution in [3.05, 3.63) is 22.7 Å². The topological polar surface area (TPSA) is 74.1 Å². The van der Waals surface area contributed by atoms with Gasteiger partial charge in [-0.2, -0.15) is 0 Å². The highest BCUT2D eigenvalue weighted by Crippen LogP contribution is 2.33. The van der Waals surface area contributed by atoms with E-state index in [-0.39, 0.29) is 0 Å². The molecule has 0 aliphatic rings. The second-order valence-corrected chi connectivity index (χ2v) is 5.14. The van der Waals surface area contributed by atoms with Gasteiger partial charge in [-0.15, -0.1) is 0 Å². The number of tetrazole rings is 1. The second-order valence-electron chi connectivity index (χ2n) is 4.73. The van der Waals surface area contributed by atoms with Crippen molar-refractivity contribution in [3.63, 3.8) is 0 Å². The smallest absolute Gasteiger partial charge is 0.243 e. The largest absolute Gasteiger partial charge is 0.493 e. The van der Waals surface area contributed by atoms with E-state index in [2.05, 4.69) is 27.8 Å². The molecule has 0 bridgehead atoms. The van der Waals surface area contributed by atoms with Gasteiger partial charge in [-0.25, -0.2) is 4.68 Å². The van der Waals surface area contributed by atoms with E-state index in [1.54, 1.807) is 25.0 Å². The van der Waals surface area contributed by atoms with E-state index >= 15 is 0 Å². The lowest BCUT2D eigenvalue weighted by molar-refractivity contribution is 0.354. The number of rotatable bonds is 8. The van der Waals surface area contributed by atoms with E-state index < -0.39 is 0 Å². The molecule has 1 heterocycles. The Kier molecular flexibility index (Phi) is 5.83. The SMILES string of the molecule is CCCCn1nnnc1NCc1cc(OC)c(OC)cc1Cl. The summed E-state index contributed by atoms with van der Waals surface area (Å²) in [6.07, 6.45) is 2.11. The van der Waals surface area contributed by atoms with Crippen molar-refractivity contribution in [1.29, 1.82) is 0 Å². The van der Waals surface area contributed by atoms with Crippen LogP contribution in [0.3, 0.4) is 0 Å². The molecule has 120 valence electrons. The maximum atomic E-state index is 6.27. The summed E-state index contributed by atoms with van der Waals surface area (Å²) >= 11 is 6.27. The number of unbranched alkanes of at least 4 members (excludes halogenated alkanes) is 1. The van der Waals surface area contributed by atoms with E-state index in [4.69, 9.17) is 21.1 Å². The summed E-state index contributed by atoms with van der Waals surface area (Å²) in [7, 11) is 3.17. The minimum atomic E-state index is 0.492. The highest BCUT2D eigenvalue weighted by Gasteiger charge is 2.11. The van der Waals surface area contributed by atoms with Crippen LogP contribution in [0.15, 0.2) is 12.1 Å². The molecular weight excluding hydrogens is 306 g/mol. The number of nitrogens with zero attached hydrogens (tertiary/aromatic N) is 4. The minimum Gasteiger partial charge on any atom is -0.493 e. The van der Waals surface area contributed by atoms with E-state index in [9.17, 15) is 0 Å². The molecule has 0 aliphatic carbocycles. The molecule has 0 unspecified atom stereocenters. The maximum absolute atomic E-state index is 6.27. The molecule has 2 rings (SSSR count). The monoisotopic (exact) mass is 325 g/mol. The van der Waals surface area contributed by atoms with Crippen molar-refractivity contribution in [2.45, 2.75) is 32.9 Å². The molecule has 0 fully saturated rings. The molecule has 0 radical (unpaired) electrons. The summed E-state index contributed by atoms with van der Waals surface area (Å²) in [6, 6.07) is 3.58. The molecule has 7 nitrogen and oxygen atoms in total. The molecule has 0 amide bonds. The van der Waals surface area contributed by atoms with Crippen LogP contribution in [0.5, 0.6) is 11.5 Å². The quantitative estimate of drug-likeness (QED) is 0.804. The summed E-state index contributed by atoms with van der Waals surface area (Å²) in [4.78, 5) is 0. The van der Waals surface area contributed by atoms with Gasteiger partial charge in [0.25, 0.3) is 0 Å². The number of hydrogen-bond donors (Lipinski definition) is 1. The first-order valence-electron chi connectivity index (χ1n) is 7.10. The van der Waals surface area contributed by atoms with Crippen LogP contribution in [0.25, 0.3) is 0 Å². The average molecular weight is 326 g/mol. The third-order valence-corrected chi connectivity index (χ3v) is 3.60. The Morgan fingerprint density at radius 3 is 2.64 bits per heavy atom. The summed E-state index contributed by atoms with van der Waals surface area (Å²) in [5, 5.41) is 15.4. The third-order valence-electron chi connectivity index (χ3n) is 3.24. The summed E-state index contributed by atoms with van der Waals surface area (Å²) in [6.45, 7) is 3.40. The summed E-state index contributed by atoms with van der Waals surface area (Å²) in [5.74, 6) is 1.86. The van der Waals surface area contributed by atoms with Gasteiger partial charge in [0.05, 0.1) is 14.2 Å². The Hall–Kier alpha value is -2.02. The summed E-state index contributed by atoms with van der Waals surface area (Å²) in [5.41, 5.74) is 0.879. The van der Waals surface area contributed by atoms with Crippen LogP contribution >= 0.6 is 11.6 Å². The molecule has 1 aromatic carbocycles. The minimum absolute atomic E-state index is 0.492. The zero-order valence-electron chi connectivity index (χ0n) is 13.0. The van der Waals surface area contributed by atoms with Gasteiger partial charge in [-0.1, -0.05) is 30.0 Å². The zero-order valence-corrected chi connectivity index (χ0v) is 13.7. The molecular formula is C14H20ClN5O2. The van der Waals surface area contributed by atoms with Crippen molar-refractivity contribution in [2.75, 3.05) is 19.5 Å². The van der Waals surface area contributed by atoms with E-state index in [0.717, 1.165) is 24.9 Å². The molecule has 0 spiro atoms. The zero-order chi connectivity index (χ0) is 15.9. The number of anilines is 1. The standard InChI is InChI=1S/C14H20ClN5O2/c1-4-5-6-20-14(17-18-19-20)16-9-10-7-12(21-2)13(22-3)8-11(10)15/h7-8H,4-6,9H2,1-3H3,(H,16,17,19). The van der Waals surface area contributed by atoms with E-state index in [0.29, 0.717) is 29.0 Å². The lowest BCUT2D eigenvalue weighted by Crippen LogP contribution is -2.09. The maximum Gasteiger partial charge on any atom is 0.243 e. The first-order valence-corrected chi connectivity index (χ1v) is 7.47. The van der Waals surface area contributed by atoms with Crippen molar-refractivity contribution in [3.8, 4) is 11.5 Å². The highest BCUT2D eigenvalue weighted by molar-refractivity contribution is 6.31. The Balaban J connectivity index is 2.10. The molecule has 0 saturated carbocycles. The molecule has 0 atom stereocenters. The van der Waals surface area contributed by atoms with Crippen molar-refractivity contribution in [2.24, 2.45) is 0 Å². The molecule has 2 aromatic rings. The predicted octanol–water partition coefficient (Wildman–Crippen LogP) is 2.76. The third kappa shape index (κ3) is 3.79. The number of aromatic nitrogens is 4. The normalized spacial score (nSPS) is 10.5. The number of ether oxygens (including phenoxy) is 2. The Morgan fingerprint density at radius 2 is 1.95 bits per heavy atom. The molecule has 1 N–H and O–H groups in total. The van der Waals surface area contributed by atoms with Gasteiger partial charge in [0.15, 0.2) is 11.5 Å². The fourth-order valence-corrected chi connectivity index (χ4v) is 2.22. The van der Waals surface area contributed by atoms with Gasteiger partial charge in [0, 0.05) is 24.2 Å². The van der Waals surface area contributed by atoms with Gasteiger partial charge < -0.3 is 14.8 Å². The van der Waals surface area contributed by atoms with Gasteiger partial charge in [0.2, 0.25) is 5.95 Å². The lowest BCUT2D eigenvalue weighted by Gasteiger charge is -2.12. The number of hydrogen-bond acceptors (Lipinski definition) is 6. The molecule has 1 aromatic heterocycles. The highest BCUT2D eigenvalue weighted by atomic mass is 35.5. The van der Waals surface area contributed by atoms with Crippen LogP contribution in [-0.4, -0.2) is 34.4 Å². The number of nitrogens with one attached hydrogen (secondary N) is 1. The molecule has 0 saturated heterocycles. The molecule has 8 heteroatoms. The van der Waals surface area contributed by atoms with Crippen LogP contribution in [0.1, 0.15) is 25.3 Å². The number of methoxy groups -OCH3 is 2. The van der Waals surface area contributed by atoms with Crippen LogP contribution in [-0.2, 0) is 13.1 Å². The number of benzene rings is 1. The summed E-state index contributed by atoms with van der Waals surface area (Å²) < 4.78 is 12.3. The molecule has 0 aliphatic heterocycles. The van der Waals surface area contributed by atoms with Gasteiger partial charge in [-0.3, -0.25) is 0 Å². The number of aryl methyl sites for hydroxylation is 1. The predicted molar refractivity (Wildman–Crippen MR) is 84.6 cm³/mol. The fraction of sp³-hybridized carbons (Fsp3) is 0.500. The van der Waals surface area contributed by atoms with Gasteiger partial charge in [0.1, 0.15) is 0 Å². The van der Waals surface area contributed by atoms with Crippen molar-refractivity contribution < 1.29 is 9.47 Å². The molecule has 22 heavy (non-hydrogen) atoms. The lowest BCUT2D eigenvalue weighted by atomic mass is 10.2. The van der Waals surface area contributed by atoms with E-state index in [1.807, 2.05) is 6.07 Å². The average Bonchev–Trinajstić information content (AvgIpc) is 2.98. The van der Waals surface area contributed by atoms with Crippen LogP contribution in [0.4, 0.5) is 5.95 Å². The van der Waals surface area contributed by atoms with Crippen molar-refractivity contribution in [1.82, 2.24) is 20.2 Å². The Bertz CT molecular complexity index is 617. The van der Waals surface area contributed by atoms with Gasteiger partial charge >= 0.3 is 0 Å². The van der Waals surface area contributed by atoms with Gasteiger partial charge in [-0.05, 0) is 28.5 Å². The number of halogens is 1. The van der Waals surface area contributed by atoms with Crippen LogP contribution in [0.2, 0.25) is 5.02 Å². The first-order chi connectivity index (χ1) is 10.7. The van der Waals surface area contributed by atoms with Crippen LogP contribution < -0.4 is 14.8 Å². The van der Waals surface area contributed by atoms with E-state index in [1.165, 1.54) is 0 Å².